The summed E-state index contributed by atoms with van der Waals surface area (Å²) in [7, 11) is 2.00. The molecular weight excluding hydrogens is 327 g/mol. The Morgan fingerprint density at radius 3 is 2.77 bits per heavy atom. The Balaban J connectivity index is 2.09. The lowest BCUT2D eigenvalue weighted by Gasteiger charge is -2.46. The average molecular weight is 359 g/mol. The summed E-state index contributed by atoms with van der Waals surface area (Å²) in [6.45, 7) is 8.84. The second kappa shape index (κ2) is 8.31. The number of rotatable bonds is 3. The van der Waals surface area contributed by atoms with Crippen molar-refractivity contribution in [2.45, 2.75) is 44.2 Å². The second-order valence-corrected chi connectivity index (χ2v) is 7.68. The van der Waals surface area contributed by atoms with Gasteiger partial charge in [-0.1, -0.05) is 24.3 Å². The van der Waals surface area contributed by atoms with Gasteiger partial charge in [0.1, 0.15) is 5.82 Å². The molecular formula is C21H31FN4. The number of piperidine rings is 1. The molecule has 1 saturated heterocycles. The molecule has 0 aliphatic carbocycles. The van der Waals surface area contributed by atoms with E-state index < -0.39 is 0 Å². The predicted molar refractivity (Wildman–Crippen MR) is 106 cm³/mol. The largest absolute Gasteiger partial charge is 0.364 e. The van der Waals surface area contributed by atoms with Crippen LogP contribution in [0.2, 0.25) is 0 Å². The molecule has 0 aromatic heterocycles. The van der Waals surface area contributed by atoms with E-state index in [1.54, 1.807) is 6.07 Å². The van der Waals surface area contributed by atoms with Crippen molar-refractivity contribution in [3.8, 4) is 0 Å². The van der Waals surface area contributed by atoms with E-state index in [0.29, 0.717) is 12.5 Å². The zero-order chi connectivity index (χ0) is 18.6. The third kappa shape index (κ3) is 4.15. The molecule has 2 aliphatic heterocycles. The van der Waals surface area contributed by atoms with E-state index in [1.807, 2.05) is 20.0 Å². The number of aliphatic imine (C=N–C) groups is 1. The molecule has 0 radical (unpaired) electrons. The van der Waals surface area contributed by atoms with Gasteiger partial charge in [-0.05, 0) is 76.4 Å². The molecule has 3 rings (SSSR count). The molecule has 2 atom stereocenters. The fraction of sp³-hybridized carbons (Fsp3) is 0.571. The summed E-state index contributed by atoms with van der Waals surface area (Å²) in [5.74, 6) is 1.14. The average Bonchev–Trinajstić information content (AvgIpc) is 2.71. The molecule has 1 aromatic rings. The lowest BCUT2D eigenvalue weighted by Crippen LogP contribution is -2.55. The number of benzene rings is 1. The van der Waals surface area contributed by atoms with Crippen molar-refractivity contribution in [3.63, 3.8) is 0 Å². The molecule has 3 N–H and O–H groups in total. The summed E-state index contributed by atoms with van der Waals surface area (Å²) >= 11 is 0. The van der Waals surface area contributed by atoms with Crippen LogP contribution in [0.1, 0.15) is 38.2 Å². The Morgan fingerprint density at radius 1 is 1.31 bits per heavy atom. The van der Waals surface area contributed by atoms with Crippen molar-refractivity contribution in [2.75, 3.05) is 26.7 Å². The molecule has 0 bridgehead atoms. The zero-order valence-corrected chi connectivity index (χ0v) is 15.9. The lowest BCUT2D eigenvalue weighted by atomic mass is 9.69. The van der Waals surface area contributed by atoms with Crippen LogP contribution in [0.15, 0.2) is 41.4 Å². The van der Waals surface area contributed by atoms with Gasteiger partial charge >= 0.3 is 0 Å². The first kappa shape index (κ1) is 19.1. The molecule has 0 saturated carbocycles. The van der Waals surface area contributed by atoms with Crippen LogP contribution in [0, 0.1) is 11.7 Å². The third-order valence-corrected chi connectivity index (χ3v) is 5.83. The van der Waals surface area contributed by atoms with E-state index in [2.05, 4.69) is 28.6 Å². The minimum absolute atomic E-state index is 0.183. The van der Waals surface area contributed by atoms with E-state index in [1.165, 1.54) is 6.07 Å². The van der Waals surface area contributed by atoms with Crippen LogP contribution >= 0.6 is 0 Å². The fourth-order valence-corrected chi connectivity index (χ4v) is 4.50. The summed E-state index contributed by atoms with van der Waals surface area (Å²) in [6, 6.07) is 7.37. The Labute approximate surface area is 156 Å². The maximum Gasteiger partial charge on any atom is 0.123 e. The van der Waals surface area contributed by atoms with E-state index in [0.717, 1.165) is 55.7 Å². The second-order valence-electron chi connectivity index (χ2n) is 7.68. The van der Waals surface area contributed by atoms with Crippen molar-refractivity contribution in [1.29, 1.82) is 0 Å². The molecule has 5 heteroatoms. The highest BCUT2D eigenvalue weighted by Gasteiger charge is 2.43. The highest BCUT2D eigenvalue weighted by Crippen LogP contribution is 2.40. The number of amidine groups is 1. The highest BCUT2D eigenvalue weighted by atomic mass is 19.1. The molecule has 2 aliphatic rings. The predicted octanol–water partition coefficient (Wildman–Crippen LogP) is 2.97. The maximum absolute atomic E-state index is 14.2. The van der Waals surface area contributed by atoms with E-state index in [-0.39, 0.29) is 17.4 Å². The van der Waals surface area contributed by atoms with Crippen molar-refractivity contribution in [3.05, 3.63) is 47.8 Å². The number of nitrogens with zero attached hydrogens (tertiary/aromatic N) is 1. The lowest BCUT2D eigenvalue weighted by molar-refractivity contribution is 0.162. The normalized spacial score (nSPS) is 28.5. The van der Waals surface area contributed by atoms with Gasteiger partial charge in [0, 0.05) is 6.04 Å². The van der Waals surface area contributed by atoms with Crippen molar-refractivity contribution < 1.29 is 4.39 Å². The topological polar surface area (TPSA) is 48.5 Å². The van der Waals surface area contributed by atoms with Gasteiger partial charge in [-0.15, -0.1) is 0 Å². The van der Waals surface area contributed by atoms with Crippen molar-refractivity contribution >= 4 is 5.84 Å². The Bertz CT molecular complexity index is 666. The fourth-order valence-electron chi connectivity index (χ4n) is 4.50. The van der Waals surface area contributed by atoms with Crippen LogP contribution in [0.5, 0.6) is 0 Å². The molecule has 0 amide bonds. The van der Waals surface area contributed by atoms with Crippen LogP contribution in [0.3, 0.4) is 0 Å². The monoisotopic (exact) mass is 358 g/mol. The van der Waals surface area contributed by atoms with Crippen LogP contribution < -0.4 is 16.0 Å². The SMILES string of the molecule is C=C1CN=C(C)N[C@@](c2cccc(F)c2)(C2CCNCC2)CC(NC)C1. The van der Waals surface area contributed by atoms with E-state index in [9.17, 15) is 4.39 Å². The standard InChI is InChI=1S/C21H31FN4/c1-15-11-20(23-3)13-21(26-16(2)25-14-15,17-7-9-24-10-8-17)18-5-4-6-19(22)12-18/h4-6,12,17,20,23-24H,1,7-11,13-14H2,2-3H3,(H,25,26)/t20?,21-/m1/s1. The van der Waals surface area contributed by atoms with Gasteiger partial charge in [0.2, 0.25) is 0 Å². The number of hydrogen-bond donors (Lipinski definition) is 3. The van der Waals surface area contributed by atoms with Crippen molar-refractivity contribution in [2.24, 2.45) is 10.9 Å². The molecule has 2 heterocycles. The van der Waals surface area contributed by atoms with Gasteiger partial charge in [-0.25, -0.2) is 4.39 Å². The number of hydrogen-bond acceptors (Lipinski definition) is 4. The summed E-state index contributed by atoms with van der Waals surface area (Å²) in [5.41, 5.74) is 1.81. The molecule has 4 nitrogen and oxygen atoms in total. The third-order valence-electron chi connectivity index (χ3n) is 5.83. The Morgan fingerprint density at radius 2 is 2.08 bits per heavy atom. The number of halogens is 1. The van der Waals surface area contributed by atoms with E-state index >= 15 is 0 Å². The van der Waals surface area contributed by atoms with Crippen LogP contribution in [0.25, 0.3) is 0 Å². The Kier molecular flexibility index (Phi) is 6.09. The molecule has 142 valence electrons. The first-order valence-corrected chi connectivity index (χ1v) is 9.63. The Hall–Kier alpha value is -1.72. The summed E-state index contributed by atoms with van der Waals surface area (Å²) < 4.78 is 14.2. The van der Waals surface area contributed by atoms with Crippen molar-refractivity contribution in [1.82, 2.24) is 16.0 Å². The molecule has 1 fully saturated rings. The quantitative estimate of drug-likeness (QED) is 0.728. The van der Waals surface area contributed by atoms with Gasteiger partial charge in [0.15, 0.2) is 0 Å². The molecule has 26 heavy (non-hydrogen) atoms. The van der Waals surface area contributed by atoms with E-state index in [4.69, 9.17) is 4.99 Å². The first-order valence-electron chi connectivity index (χ1n) is 9.63. The smallest absolute Gasteiger partial charge is 0.123 e. The number of nitrogens with one attached hydrogen (secondary N) is 3. The van der Waals surface area contributed by atoms with Gasteiger partial charge in [-0.2, -0.15) is 0 Å². The van der Waals surface area contributed by atoms with Crippen LogP contribution in [-0.4, -0.2) is 38.6 Å². The summed E-state index contributed by atoms with van der Waals surface area (Å²) in [4.78, 5) is 4.70. The minimum atomic E-state index is -0.337. The molecule has 0 spiro atoms. The molecule has 1 aromatic carbocycles. The van der Waals surface area contributed by atoms with Gasteiger partial charge in [0.25, 0.3) is 0 Å². The first-order chi connectivity index (χ1) is 12.5. The summed E-state index contributed by atoms with van der Waals surface area (Å²) in [6.07, 6.45) is 3.89. The van der Waals surface area contributed by atoms with Gasteiger partial charge < -0.3 is 16.0 Å². The maximum atomic E-state index is 14.2. The van der Waals surface area contributed by atoms with Gasteiger partial charge in [-0.3, -0.25) is 4.99 Å². The highest BCUT2D eigenvalue weighted by molar-refractivity contribution is 5.80. The minimum Gasteiger partial charge on any atom is -0.364 e. The molecule has 1 unspecified atom stereocenters. The van der Waals surface area contributed by atoms with Gasteiger partial charge in [0.05, 0.1) is 17.9 Å². The summed E-state index contributed by atoms with van der Waals surface area (Å²) in [5, 5.41) is 10.7. The van der Waals surface area contributed by atoms with Crippen LogP contribution in [0.4, 0.5) is 4.39 Å². The zero-order valence-electron chi connectivity index (χ0n) is 15.9. The van der Waals surface area contributed by atoms with Crippen LogP contribution in [-0.2, 0) is 5.54 Å².